The zero-order chi connectivity index (χ0) is 17.7. The van der Waals surface area contributed by atoms with Crippen LogP contribution in [0.1, 0.15) is 27.2 Å². The lowest BCUT2D eigenvalue weighted by Gasteiger charge is -2.23. The number of pyridine rings is 1. The Morgan fingerprint density at radius 2 is 1.96 bits per heavy atom. The third-order valence-corrected chi connectivity index (χ3v) is 3.68. The predicted octanol–water partition coefficient (Wildman–Crippen LogP) is 2.38. The van der Waals surface area contributed by atoms with Gasteiger partial charge in [0.15, 0.2) is 0 Å². The van der Waals surface area contributed by atoms with Crippen molar-refractivity contribution >= 4 is 28.6 Å². The molecule has 7 nitrogen and oxygen atoms in total. The molecule has 2 aromatic rings. The Labute approximate surface area is 139 Å². The SMILES string of the molecule is CCC(C)(C)OC(=O)NCC(=O)Nc1c[nH]c2ccccc2c1=O. The lowest BCUT2D eigenvalue weighted by atomic mass is 10.1. The third-order valence-electron chi connectivity index (χ3n) is 3.68. The summed E-state index contributed by atoms with van der Waals surface area (Å²) in [6, 6.07) is 7.00. The van der Waals surface area contributed by atoms with Crippen LogP contribution in [0.25, 0.3) is 10.9 Å². The van der Waals surface area contributed by atoms with E-state index in [0.29, 0.717) is 17.3 Å². The van der Waals surface area contributed by atoms with Gasteiger partial charge in [-0.3, -0.25) is 9.59 Å². The molecule has 0 saturated heterocycles. The van der Waals surface area contributed by atoms with Gasteiger partial charge in [0.05, 0.1) is 0 Å². The fraction of sp³-hybridized carbons (Fsp3) is 0.353. The minimum atomic E-state index is -0.676. The molecular weight excluding hydrogens is 310 g/mol. The fourth-order valence-electron chi connectivity index (χ4n) is 1.97. The molecule has 0 atom stereocenters. The number of alkyl carbamates (subject to hydrolysis) is 1. The van der Waals surface area contributed by atoms with Crippen molar-refractivity contribution in [2.75, 3.05) is 11.9 Å². The molecule has 0 bridgehead atoms. The quantitative estimate of drug-likeness (QED) is 0.783. The molecule has 7 heteroatoms. The van der Waals surface area contributed by atoms with Crippen molar-refractivity contribution in [1.82, 2.24) is 10.3 Å². The largest absolute Gasteiger partial charge is 0.444 e. The first-order valence-electron chi connectivity index (χ1n) is 7.69. The van der Waals surface area contributed by atoms with Crippen LogP contribution in [0, 0.1) is 0 Å². The highest BCUT2D eigenvalue weighted by atomic mass is 16.6. The van der Waals surface area contributed by atoms with E-state index in [-0.39, 0.29) is 17.7 Å². The Kier molecular flexibility index (Phi) is 5.23. The molecule has 24 heavy (non-hydrogen) atoms. The number of H-pyrrole nitrogens is 1. The van der Waals surface area contributed by atoms with Gasteiger partial charge < -0.3 is 20.4 Å². The molecule has 1 heterocycles. The first kappa shape index (κ1) is 17.5. The van der Waals surface area contributed by atoms with Crippen LogP contribution in [-0.4, -0.2) is 29.1 Å². The molecule has 2 amide bonds. The van der Waals surface area contributed by atoms with Crippen molar-refractivity contribution in [2.45, 2.75) is 32.8 Å². The first-order valence-corrected chi connectivity index (χ1v) is 7.69. The summed E-state index contributed by atoms with van der Waals surface area (Å²) in [7, 11) is 0. The summed E-state index contributed by atoms with van der Waals surface area (Å²) in [5.74, 6) is -0.512. The molecule has 0 radical (unpaired) electrons. The summed E-state index contributed by atoms with van der Waals surface area (Å²) in [6.07, 6.45) is 1.41. The van der Waals surface area contributed by atoms with Crippen LogP contribution in [0.2, 0.25) is 0 Å². The maximum Gasteiger partial charge on any atom is 0.408 e. The minimum absolute atomic E-state index is 0.128. The highest BCUT2D eigenvalue weighted by Crippen LogP contribution is 2.13. The van der Waals surface area contributed by atoms with Crippen molar-refractivity contribution in [3.8, 4) is 0 Å². The van der Waals surface area contributed by atoms with E-state index in [9.17, 15) is 14.4 Å². The van der Waals surface area contributed by atoms with Gasteiger partial charge in [0, 0.05) is 17.1 Å². The van der Waals surface area contributed by atoms with Crippen molar-refractivity contribution in [3.05, 3.63) is 40.7 Å². The van der Waals surface area contributed by atoms with Crippen molar-refractivity contribution in [1.29, 1.82) is 0 Å². The minimum Gasteiger partial charge on any atom is -0.444 e. The van der Waals surface area contributed by atoms with Gasteiger partial charge in [-0.15, -0.1) is 0 Å². The fourth-order valence-corrected chi connectivity index (χ4v) is 1.97. The second kappa shape index (κ2) is 7.16. The number of fused-ring (bicyclic) bond motifs is 1. The number of benzene rings is 1. The smallest absolute Gasteiger partial charge is 0.408 e. The summed E-state index contributed by atoms with van der Waals surface area (Å²) in [5.41, 5.74) is -0.0741. The molecule has 128 valence electrons. The number of rotatable bonds is 5. The number of hydrogen-bond acceptors (Lipinski definition) is 4. The van der Waals surface area contributed by atoms with Crippen molar-refractivity contribution < 1.29 is 14.3 Å². The van der Waals surface area contributed by atoms with E-state index >= 15 is 0 Å². The van der Waals surface area contributed by atoms with Crippen LogP contribution < -0.4 is 16.1 Å². The Morgan fingerprint density at radius 1 is 1.25 bits per heavy atom. The molecule has 0 aliphatic carbocycles. The Morgan fingerprint density at radius 3 is 2.67 bits per heavy atom. The Balaban J connectivity index is 1.97. The van der Waals surface area contributed by atoms with Gasteiger partial charge in [0.1, 0.15) is 17.8 Å². The summed E-state index contributed by atoms with van der Waals surface area (Å²) in [4.78, 5) is 38.8. The second-order valence-corrected chi connectivity index (χ2v) is 5.98. The zero-order valence-corrected chi connectivity index (χ0v) is 13.9. The molecule has 2 rings (SSSR count). The topological polar surface area (TPSA) is 100 Å². The van der Waals surface area contributed by atoms with Crippen LogP contribution in [0.15, 0.2) is 35.3 Å². The third kappa shape index (κ3) is 4.34. The summed E-state index contributed by atoms with van der Waals surface area (Å²) < 4.78 is 5.17. The molecule has 0 spiro atoms. The van der Waals surface area contributed by atoms with Gasteiger partial charge in [-0.05, 0) is 32.4 Å². The Bertz CT molecular complexity index is 811. The van der Waals surface area contributed by atoms with Crippen molar-refractivity contribution in [3.63, 3.8) is 0 Å². The predicted molar refractivity (Wildman–Crippen MR) is 92.1 cm³/mol. The van der Waals surface area contributed by atoms with E-state index in [1.807, 2.05) is 13.0 Å². The molecular formula is C17H21N3O4. The van der Waals surface area contributed by atoms with Crippen LogP contribution in [0.4, 0.5) is 10.5 Å². The number of para-hydroxylation sites is 1. The van der Waals surface area contributed by atoms with Gasteiger partial charge in [0.2, 0.25) is 11.3 Å². The number of anilines is 1. The average molecular weight is 331 g/mol. The number of carbonyl (C=O) groups excluding carboxylic acids is 2. The monoisotopic (exact) mass is 331 g/mol. The van der Waals surface area contributed by atoms with E-state index in [0.717, 1.165) is 0 Å². The normalized spacial score (nSPS) is 11.1. The maximum atomic E-state index is 12.3. The van der Waals surface area contributed by atoms with E-state index < -0.39 is 17.6 Å². The van der Waals surface area contributed by atoms with E-state index in [1.165, 1.54) is 6.20 Å². The number of aromatic amines is 1. The molecule has 0 fully saturated rings. The lowest BCUT2D eigenvalue weighted by molar-refractivity contribution is -0.115. The molecule has 0 unspecified atom stereocenters. The average Bonchev–Trinajstić information content (AvgIpc) is 2.55. The number of nitrogens with one attached hydrogen (secondary N) is 3. The summed E-state index contributed by atoms with van der Waals surface area (Å²) in [6.45, 7) is 5.17. The number of aromatic nitrogens is 1. The molecule has 1 aromatic carbocycles. The van der Waals surface area contributed by atoms with Gasteiger partial charge in [0.25, 0.3) is 0 Å². The lowest BCUT2D eigenvalue weighted by Crippen LogP contribution is -2.38. The van der Waals surface area contributed by atoms with E-state index in [2.05, 4.69) is 15.6 Å². The van der Waals surface area contributed by atoms with Gasteiger partial charge in [-0.1, -0.05) is 19.1 Å². The Hall–Kier alpha value is -2.83. The van der Waals surface area contributed by atoms with E-state index in [1.54, 1.807) is 32.0 Å². The molecule has 0 saturated carbocycles. The van der Waals surface area contributed by atoms with Crippen LogP contribution >= 0.6 is 0 Å². The summed E-state index contributed by atoms with van der Waals surface area (Å²) >= 11 is 0. The summed E-state index contributed by atoms with van der Waals surface area (Å²) in [5, 5.41) is 5.32. The second-order valence-electron chi connectivity index (χ2n) is 5.98. The number of amides is 2. The van der Waals surface area contributed by atoms with Gasteiger partial charge in [-0.2, -0.15) is 0 Å². The number of hydrogen-bond donors (Lipinski definition) is 3. The highest BCUT2D eigenvalue weighted by molar-refractivity contribution is 5.95. The van der Waals surface area contributed by atoms with Crippen LogP contribution in [0.5, 0.6) is 0 Å². The molecule has 0 aliphatic heterocycles. The number of carbonyl (C=O) groups is 2. The highest BCUT2D eigenvalue weighted by Gasteiger charge is 2.20. The standard InChI is InChI=1S/C17H21N3O4/c1-4-17(2,3)24-16(23)19-10-14(21)20-13-9-18-12-8-6-5-7-11(12)15(13)22/h5-9H,4,10H2,1-3H3,(H,18,22)(H,19,23)(H,20,21). The van der Waals surface area contributed by atoms with Gasteiger partial charge >= 0.3 is 6.09 Å². The molecule has 3 N–H and O–H groups in total. The van der Waals surface area contributed by atoms with Gasteiger partial charge in [-0.25, -0.2) is 4.79 Å². The zero-order valence-electron chi connectivity index (χ0n) is 13.9. The van der Waals surface area contributed by atoms with E-state index in [4.69, 9.17) is 4.74 Å². The molecule has 0 aliphatic rings. The van der Waals surface area contributed by atoms with Crippen molar-refractivity contribution in [2.24, 2.45) is 0 Å². The van der Waals surface area contributed by atoms with Crippen LogP contribution in [0.3, 0.4) is 0 Å². The first-order chi connectivity index (χ1) is 11.3. The maximum absolute atomic E-state index is 12.3. The van der Waals surface area contributed by atoms with Crippen LogP contribution in [-0.2, 0) is 9.53 Å². The molecule has 1 aromatic heterocycles. The number of ether oxygens (including phenoxy) is 1.